The van der Waals surface area contributed by atoms with Gasteiger partial charge >= 0.3 is 12.1 Å². The van der Waals surface area contributed by atoms with E-state index in [1.165, 1.54) is 4.90 Å². The van der Waals surface area contributed by atoms with Crippen LogP contribution in [0.4, 0.5) is 4.79 Å². The van der Waals surface area contributed by atoms with Crippen LogP contribution < -0.4 is 5.32 Å². The molecule has 2 aromatic carbocycles. The summed E-state index contributed by atoms with van der Waals surface area (Å²) in [7, 11) is 0. The number of nitrogens with one attached hydrogen (secondary N) is 1. The normalized spacial score (nSPS) is 15.2. The monoisotopic (exact) mass is 482 g/mol. The highest BCUT2D eigenvalue weighted by Crippen LogP contribution is 2.44. The van der Waals surface area contributed by atoms with Gasteiger partial charge in [-0.3, -0.25) is 9.59 Å². The molecule has 2 aliphatic carbocycles. The summed E-state index contributed by atoms with van der Waals surface area (Å²) in [5, 5.41) is 12.0. The van der Waals surface area contributed by atoms with Gasteiger partial charge in [-0.15, -0.1) is 0 Å². The van der Waals surface area contributed by atoms with Crippen molar-refractivity contribution in [2.24, 2.45) is 5.92 Å². The average Bonchev–Trinajstić information content (AvgIpc) is 3.59. The summed E-state index contributed by atoms with van der Waals surface area (Å²) in [5.74, 6) is -0.490. The molecule has 1 fully saturated rings. The van der Waals surface area contributed by atoms with E-state index in [0.29, 0.717) is 24.6 Å². The van der Waals surface area contributed by atoms with Gasteiger partial charge in [0, 0.05) is 12.5 Å². The Bertz CT molecular complexity index is 1010. The molecule has 180 valence electrons. The summed E-state index contributed by atoms with van der Waals surface area (Å²) < 4.78 is 5.61. The Morgan fingerprint density at radius 2 is 1.71 bits per heavy atom. The lowest BCUT2D eigenvalue weighted by atomic mass is 9.98. The van der Waals surface area contributed by atoms with Crippen LogP contribution in [0, 0.1) is 5.92 Å². The minimum Gasteiger partial charge on any atom is -0.480 e. The molecule has 2 aliphatic rings. The Balaban J connectivity index is 1.42. The number of carboxylic acid groups (broad SMARTS) is 1. The fraction of sp³-hybridized carbons (Fsp3) is 0.423. The number of hydrogen-bond acceptors (Lipinski definition) is 5. The van der Waals surface area contributed by atoms with E-state index in [0.717, 1.165) is 35.1 Å². The largest absolute Gasteiger partial charge is 0.480 e. The van der Waals surface area contributed by atoms with Gasteiger partial charge in [-0.2, -0.15) is 11.8 Å². The van der Waals surface area contributed by atoms with Crippen LogP contribution in [0.2, 0.25) is 0 Å². The number of nitrogens with zero attached hydrogens (tertiary/aromatic N) is 1. The number of aliphatic carboxylic acids is 1. The van der Waals surface area contributed by atoms with Crippen molar-refractivity contribution < 1.29 is 24.2 Å². The third-order valence-corrected chi connectivity index (χ3v) is 7.00. The zero-order chi connectivity index (χ0) is 24.1. The van der Waals surface area contributed by atoms with Crippen LogP contribution in [0.15, 0.2) is 48.5 Å². The quantitative estimate of drug-likeness (QED) is 0.503. The van der Waals surface area contributed by atoms with E-state index in [-0.39, 0.29) is 25.0 Å². The van der Waals surface area contributed by atoms with E-state index in [9.17, 15) is 19.5 Å². The van der Waals surface area contributed by atoms with Crippen LogP contribution in [0.1, 0.15) is 36.3 Å². The van der Waals surface area contributed by atoms with E-state index in [4.69, 9.17) is 4.74 Å². The Morgan fingerprint density at radius 1 is 1.09 bits per heavy atom. The number of benzene rings is 2. The topological polar surface area (TPSA) is 95.9 Å². The van der Waals surface area contributed by atoms with Crippen molar-refractivity contribution in [2.75, 3.05) is 31.7 Å². The number of carbonyl (C=O) groups excluding carboxylic acids is 2. The van der Waals surface area contributed by atoms with Gasteiger partial charge in [0.1, 0.15) is 19.2 Å². The van der Waals surface area contributed by atoms with Crippen LogP contribution in [-0.2, 0) is 14.3 Å². The number of ether oxygens (including phenoxy) is 1. The first-order valence-corrected chi connectivity index (χ1v) is 13.0. The zero-order valence-corrected chi connectivity index (χ0v) is 20.1. The summed E-state index contributed by atoms with van der Waals surface area (Å²) in [6.45, 7) is 0.203. The molecule has 0 bridgehead atoms. The molecule has 0 aliphatic heterocycles. The smallest absolute Gasteiger partial charge is 0.407 e. The second-order valence-corrected chi connectivity index (χ2v) is 9.85. The molecule has 4 rings (SSSR count). The molecular formula is C26H30N2O5S. The number of alkyl carbamates (subject to hydrolysis) is 1. The molecule has 1 atom stereocenters. The third-order valence-electron chi connectivity index (χ3n) is 6.36. The minimum absolute atomic E-state index is 0.0723. The van der Waals surface area contributed by atoms with Crippen molar-refractivity contribution in [3.8, 4) is 11.1 Å². The van der Waals surface area contributed by atoms with Gasteiger partial charge in [-0.25, -0.2) is 4.79 Å². The summed E-state index contributed by atoms with van der Waals surface area (Å²) in [6.07, 6.45) is 3.67. The summed E-state index contributed by atoms with van der Waals surface area (Å²) in [4.78, 5) is 38.6. The van der Waals surface area contributed by atoms with Gasteiger partial charge in [0.05, 0.1) is 0 Å². The van der Waals surface area contributed by atoms with E-state index in [2.05, 4.69) is 17.4 Å². The number of amides is 2. The van der Waals surface area contributed by atoms with Gasteiger partial charge in [-0.1, -0.05) is 48.5 Å². The highest BCUT2D eigenvalue weighted by atomic mass is 32.2. The maximum absolute atomic E-state index is 13.2. The Labute approximate surface area is 203 Å². The first-order valence-electron chi connectivity index (χ1n) is 11.6. The highest BCUT2D eigenvalue weighted by Gasteiger charge is 2.33. The van der Waals surface area contributed by atoms with Crippen LogP contribution in [0.3, 0.4) is 0 Å². The number of rotatable bonds is 11. The lowest BCUT2D eigenvalue weighted by Crippen LogP contribution is -2.51. The lowest BCUT2D eigenvalue weighted by molar-refractivity contribution is -0.145. The molecular weight excluding hydrogens is 452 g/mol. The van der Waals surface area contributed by atoms with Crippen molar-refractivity contribution in [3.63, 3.8) is 0 Å². The highest BCUT2D eigenvalue weighted by molar-refractivity contribution is 7.98. The van der Waals surface area contributed by atoms with E-state index in [1.807, 2.05) is 42.7 Å². The Kier molecular flexibility index (Phi) is 7.77. The van der Waals surface area contributed by atoms with E-state index >= 15 is 0 Å². The number of carboxylic acids is 1. The van der Waals surface area contributed by atoms with Crippen LogP contribution in [-0.4, -0.2) is 65.7 Å². The molecule has 0 spiro atoms. The van der Waals surface area contributed by atoms with Crippen LogP contribution in [0.5, 0.6) is 0 Å². The molecule has 7 nitrogen and oxygen atoms in total. The van der Waals surface area contributed by atoms with Gasteiger partial charge in [-0.05, 0) is 59.4 Å². The summed E-state index contributed by atoms with van der Waals surface area (Å²) in [5.41, 5.74) is 4.51. The molecule has 2 amide bonds. The Hall–Kier alpha value is -3.00. The Morgan fingerprint density at radius 3 is 2.26 bits per heavy atom. The van der Waals surface area contributed by atoms with Gasteiger partial charge in [0.25, 0.3) is 0 Å². The van der Waals surface area contributed by atoms with Crippen molar-refractivity contribution in [2.45, 2.75) is 31.2 Å². The number of thioether (sulfide) groups is 1. The van der Waals surface area contributed by atoms with Gasteiger partial charge < -0.3 is 20.1 Å². The number of carbonyl (C=O) groups is 3. The maximum atomic E-state index is 13.2. The molecule has 1 unspecified atom stereocenters. The maximum Gasteiger partial charge on any atom is 0.407 e. The van der Waals surface area contributed by atoms with Crippen LogP contribution in [0.25, 0.3) is 11.1 Å². The number of hydrogen-bond donors (Lipinski definition) is 2. The van der Waals surface area contributed by atoms with Crippen molar-refractivity contribution >= 4 is 29.7 Å². The van der Waals surface area contributed by atoms with E-state index in [1.54, 1.807) is 11.8 Å². The molecule has 0 saturated heterocycles. The first-order chi connectivity index (χ1) is 16.5. The van der Waals surface area contributed by atoms with Gasteiger partial charge in [0.2, 0.25) is 5.91 Å². The van der Waals surface area contributed by atoms with Gasteiger partial charge in [0.15, 0.2) is 0 Å². The molecule has 0 heterocycles. The molecule has 2 aromatic rings. The molecule has 1 saturated carbocycles. The van der Waals surface area contributed by atoms with Crippen molar-refractivity contribution in [1.29, 1.82) is 0 Å². The van der Waals surface area contributed by atoms with Crippen LogP contribution >= 0.6 is 11.8 Å². The summed E-state index contributed by atoms with van der Waals surface area (Å²) >= 11 is 1.57. The molecule has 2 N–H and O–H groups in total. The average molecular weight is 483 g/mol. The first kappa shape index (κ1) is 24.1. The molecule has 0 aromatic heterocycles. The second-order valence-electron chi connectivity index (χ2n) is 8.86. The minimum atomic E-state index is -1.06. The van der Waals surface area contributed by atoms with Crippen molar-refractivity contribution in [1.82, 2.24) is 10.2 Å². The third kappa shape index (κ3) is 5.73. The van der Waals surface area contributed by atoms with Crippen molar-refractivity contribution in [3.05, 3.63) is 59.7 Å². The lowest BCUT2D eigenvalue weighted by Gasteiger charge is -2.26. The fourth-order valence-corrected chi connectivity index (χ4v) is 4.98. The SMILES string of the molecule is CSCCC(NC(=O)OCC1c2ccccc2-c2ccccc21)C(=O)N(CC(=O)O)CC1CC1. The number of fused-ring (bicyclic) bond motifs is 3. The predicted octanol–water partition coefficient (Wildman–Crippen LogP) is 3.97. The zero-order valence-electron chi connectivity index (χ0n) is 19.2. The second kappa shape index (κ2) is 11.0. The standard InChI is InChI=1S/C26H30N2O5S/c1-34-13-12-23(25(31)28(15-24(29)30)14-17-10-11-17)27-26(32)33-16-22-20-8-4-2-6-18(20)19-7-3-5-9-21(19)22/h2-9,17,22-23H,10-16H2,1H3,(H,27,32)(H,29,30). The predicted molar refractivity (Wildman–Crippen MR) is 132 cm³/mol. The fourth-order valence-electron chi connectivity index (χ4n) is 4.50. The molecule has 0 radical (unpaired) electrons. The molecule has 34 heavy (non-hydrogen) atoms. The summed E-state index contributed by atoms with van der Waals surface area (Å²) in [6, 6.07) is 15.4. The van der Waals surface area contributed by atoms with E-state index < -0.39 is 18.1 Å². The molecule has 8 heteroatoms.